The summed E-state index contributed by atoms with van der Waals surface area (Å²) in [7, 11) is 0. The average Bonchev–Trinajstić information content (AvgIpc) is 2.85. The first-order valence-corrected chi connectivity index (χ1v) is 10.8. The van der Waals surface area contributed by atoms with Gasteiger partial charge < -0.3 is 10.6 Å². The highest BCUT2D eigenvalue weighted by Gasteiger charge is 2.15. The van der Waals surface area contributed by atoms with Crippen molar-refractivity contribution in [1.29, 1.82) is 0 Å². The molecular formula is C26H23FN4O3. The van der Waals surface area contributed by atoms with Crippen LogP contribution in [0.3, 0.4) is 0 Å². The molecule has 4 aromatic rings. The number of hydrogen-bond donors (Lipinski definition) is 2. The molecule has 0 saturated heterocycles. The molecule has 2 amide bonds. The molecule has 0 aliphatic rings. The number of nitrogens with zero attached hydrogens (tertiary/aromatic N) is 2. The molecule has 3 aromatic carbocycles. The lowest BCUT2D eigenvalue weighted by molar-refractivity contribution is -0.121. The van der Waals surface area contributed by atoms with E-state index in [9.17, 15) is 18.8 Å². The number of aryl methyl sites for hydroxylation is 1. The Bertz CT molecular complexity index is 1370. The molecule has 0 fully saturated rings. The molecule has 0 aliphatic heterocycles. The zero-order chi connectivity index (χ0) is 23.9. The minimum atomic E-state index is -0.434. The van der Waals surface area contributed by atoms with Gasteiger partial charge in [-0.25, -0.2) is 9.37 Å². The first-order chi connectivity index (χ1) is 16.5. The fraction of sp³-hybridized carbons (Fsp3) is 0.154. The first-order valence-electron chi connectivity index (χ1n) is 10.8. The van der Waals surface area contributed by atoms with Gasteiger partial charge in [0.2, 0.25) is 11.8 Å². The van der Waals surface area contributed by atoms with E-state index in [0.29, 0.717) is 23.3 Å². The first kappa shape index (κ1) is 22.8. The summed E-state index contributed by atoms with van der Waals surface area (Å²) in [6, 6.07) is 21.9. The lowest BCUT2D eigenvalue weighted by Crippen LogP contribution is -2.32. The number of hydrogen-bond acceptors (Lipinski definition) is 4. The van der Waals surface area contributed by atoms with Gasteiger partial charge in [-0.1, -0.05) is 42.5 Å². The van der Waals surface area contributed by atoms with Gasteiger partial charge in [-0.15, -0.1) is 0 Å². The van der Waals surface area contributed by atoms with Crippen molar-refractivity contribution in [3.05, 3.63) is 106 Å². The molecule has 1 heterocycles. The molecule has 172 valence electrons. The van der Waals surface area contributed by atoms with Crippen LogP contribution in [0.25, 0.3) is 11.0 Å². The number of amides is 2. The summed E-state index contributed by atoms with van der Waals surface area (Å²) in [6.07, 6.45) is 0.235. The molecule has 0 spiro atoms. The molecular weight excluding hydrogens is 435 g/mol. The van der Waals surface area contributed by atoms with Crippen LogP contribution in [0.1, 0.15) is 17.7 Å². The van der Waals surface area contributed by atoms with Crippen LogP contribution >= 0.6 is 0 Å². The highest BCUT2D eigenvalue weighted by molar-refractivity contribution is 5.91. The molecule has 0 radical (unpaired) electrons. The molecule has 1 aromatic heterocycles. The molecule has 2 N–H and O–H groups in total. The number of anilines is 1. The van der Waals surface area contributed by atoms with E-state index in [1.165, 1.54) is 28.8 Å². The SMILES string of the molecule is O=C(CCc1nc2ccccc2n(CC(=O)Nc2ccc(F)cc2)c1=O)NCc1ccccc1. The quantitative estimate of drug-likeness (QED) is 0.423. The number of carbonyl (C=O) groups excluding carboxylic acids is 2. The molecule has 0 unspecified atom stereocenters. The van der Waals surface area contributed by atoms with Gasteiger partial charge in [-0.3, -0.25) is 19.0 Å². The number of fused-ring (bicyclic) bond motifs is 1. The second kappa shape index (κ2) is 10.5. The summed E-state index contributed by atoms with van der Waals surface area (Å²) < 4.78 is 14.5. The van der Waals surface area contributed by atoms with Crippen molar-refractivity contribution in [2.24, 2.45) is 0 Å². The molecule has 0 saturated carbocycles. The van der Waals surface area contributed by atoms with Crippen LogP contribution in [0.15, 0.2) is 83.7 Å². The lowest BCUT2D eigenvalue weighted by atomic mass is 10.2. The molecule has 7 nitrogen and oxygen atoms in total. The van der Waals surface area contributed by atoms with Crippen molar-refractivity contribution in [3.8, 4) is 0 Å². The van der Waals surface area contributed by atoms with Gasteiger partial charge in [0.25, 0.3) is 5.56 Å². The number of benzene rings is 3. The Morgan fingerprint density at radius 1 is 0.882 bits per heavy atom. The zero-order valence-electron chi connectivity index (χ0n) is 18.3. The van der Waals surface area contributed by atoms with Crippen molar-refractivity contribution >= 4 is 28.5 Å². The minimum Gasteiger partial charge on any atom is -0.352 e. The standard InChI is InChI=1S/C26H23FN4O3/c27-19-10-12-20(13-11-19)29-25(33)17-31-23-9-5-4-8-21(23)30-22(26(31)34)14-15-24(32)28-16-18-6-2-1-3-7-18/h1-13H,14-17H2,(H,28,32)(H,29,33). The van der Waals surface area contributed by atoms with Gasteiger partial charge in [0.15, 0.2) is 0 Å². The molecule has 0 bridgehead atoms. The maximum atomic E-state index is 13.1. The van der Waals surface area contributed by atoms with E-state index in [4.69, 9.17) is 0 Å². The van der Waals surface area contributed by atoms with E-state index < -0.39 is 17.3 Å². The van der Waals surface area contributed by atoms with E-state index in [-0.39, 0.29) is 31.0 Å². The van der Waals surface area contributed by atoms with Gasteiger partial charge in [0.05, 0.1) is 11.0 Å². The Morgan fingerprint density at radius 2 is 1.59 bits per heavy atom. The number of aromatic nitrogens is 2. The maximum Gasteiger partial charge on any atom is 0.273 e. The highest BCUT2D eigenvalue weighted by Crippen LogP contribution is 2.12. The smallest absolute Gasteiger partial charge is 0.273 e. The molecule has 8 heteroatoms. The molecule has 0 atom stereocenters. The van der Waals surface area contributed by atoms with Crippen molar-refractivity contribution in [2.45, 2.75) is 25.9 Å². The van der Waals surface area contributed by atoms with E-state index in [1.807, 2.05) is 30.3 Å². The molecule has 4 rings (SSSR count). The van der Waals surface area contributed by atoms with Gasteiger partial charge in [-0.2, -0.15) is 0 Å². The molecule has 0 aliphatic carbocycles. The van der Waals surface area contributed by atoms with Gasteiger partial charge in [-0.05, 0) is 42.0 Å². The molecule has 34 heavy (non-hydrogen) atoms. The third-order valence-electron chi connectivity index (χ3n) is 5.27. The van der Waals surface area contributed by atoms with E-state index in [0.717, 1.165) is 5.56 Å². The third kappa shape index (κ3) is 5.72. The van der Waals surface area contributed by atoms with Crippen molar-refractivity contribution in [1.82, 2.24) is 14.9 Å². The van der Waals surface area contributed by atoms with Crippen LogP contribution in [0.4, 0.5) is 10.1 Å². The van der Waals surface area contributed by atoms with Crippen molar-refractivity contribution in [3.63, 3.8) is 0 Å². The predicted octanol–water partition coefficient (Wildman–Crippen LogP) is 3.42. The van der Waals surface area contributed by atoms with Gasteiger partial charge >= 0.3 is 0 Å². The Labute approximate surface area is 195 Å². The Balaban J connectivity index is 1.49. The average molecular weight is 458 g/mol. The Hall–Kier alpha value is -4.33. The van der Waals surface area contributed by atoms with Gasteiger partial charge in [0, 0.05) is 25.1 Å². The van der Waals surface area contributed by atoms with Crippen LogP contribution in [0.5, 0.6) is 0 Å². The summed E-state index contributed by atoms with van der Waals surface area (Å²) >= 11 is 0. The number of halogens is 1. The summed E-state index contributed by atoms with van der Waals surface area (Å²) in [5, 5.41) is 5.50. The Kier molecular flexibility index (Phi) is 7.07. The predicted molar refractivity (Wildman–Crippen MR) is 128 cm³/mol. The Morgan fingerprint density at radius 3 is 2.35 bits per heavy atom. The van der Waals surface area contributed by atoms with Gasteiger partial charge in [0.1, 0.15) is 18.1 Å². The summed E-state index contributed by atoms with van der Waals surface area (Å²) in [4.78, 5) is 42.5. The largest absolute Gasteiger partial charge is 0.352 e. The van der Waals surface area contributed by atoms with Crippen LogP contribution in [0, 0.1) is 5.82 Å². The second-order valence-corrected chi connectivity index (χ2v) is 7.76. The third-order valence-corrected chi connectivity index (χ3v) is 5.27. The fourth-order valence-corrected chi connectivity index (χ4v) is 3.56. The fourth-order valence-electron chi connectivity index (χ4n) is 3.56. The van der Waals surface area contributed by atoms with Crippen LogP contribution in [-0.2, 0) is 29.1 Å². The van der Waals surface area contributed by atoms with E-state index >= 15 is 0 Å². The van der Waals surface area contributed by atoms with Crippen LogP contribution in [-0.4, -0.2) is 21.4 Å². The number of nitrogens with one attached hydrogen (secondary N) is 2. The monoisotopic (exact) mass is 458 g/mol. The second-order valence-electron chi connectivity index (χ2n) is 7.76. The minimum absolute atomic E-state index is 0.0925. The summed E-state index contributed by atoms with van der Waals surface area (Å²) in [6.45, 7) is 0.158. The lowest BCUT2D eigenvalue weighted by Gasteiger charge is -2.13. The highest BCUT2D eigenvalue weighted by atomic mass is 19.1. The topological polar surface area (TPSA) is 93.1 Å². The number of carbonyl (C=O) groups is 2. The normalized spacial score (nSPS) is 10.7. The number of para-hydroxylation sites is 2. The zero-order valence-corrected chi connectivity index (χ0v) is 18.3. The van der Waals surface area contributed by atoms with Crippen LogP contribution in [0.2, 0.25) is 0 Å². The number of rotatable bonds is 8. The summed E-state index contributed by atoms with van der Waals surface area (Å²) in [5.41, 5.74) is 2.25. The summed E-state index contributed by atoms with van der Waals surface area (Å²) in [5.74, 6) is -1.04. The van der Waals surface area contributed by atoms with Crippen molar-refractivity contribution < 1.29 is 14.0 Å². The van der Waals surface area contributed by atoms with Crippen molar-refractivity contribution in [2.75, 3.05) is 5.32 Å². The van der Waals surface area contributed by atoms with E-state index in [1.54, 1.807) is 24.3 Å². The van der Waals surface area contributed by atoms with E-state index in [2.05, 4.69) is 15.6 Å². The maximum absolute atomic E-state index is 13.1. The van der Waals surface area contributed by atoms with Crippen LogP contribution < -0.4 is 16.2 Å².